The Labute approximate surface area is 170 Å². The van der Waals surface area contributed by atoms with Gasteiger partial charge in [-0.05, 0) is 54.8 Å². The van der Waals surface area contributed by atoms with Gasteiger partial charge in [0.25, 0.3) is 5.91 Å². The number of hydrogen-bond donors (Lipinski definition) is 0. The zero-order valence-electron chi connectivity index (χ0n) is 15.4. The number of thioether (sulfide) groups is 1. The Morgan fingerprint density at radius 3 is 2.68 bits per heavy atom. The van der Waals surface area contributed by atoms with E-state index in [1.807, 2.05) is 60.9 Å². The number of furan rings is 1. The van der Waals surface area contributed by atoms with Crippen molar-refractivity contribution in [3.05, 3.63) is 72.2 Å². The third-order valence-electron chi connectivity index (χ3n) is 4.30. The summed E-state index contributed by atoms with van der Waals surface area (Å²) in [4.78, 5) is 20.8. The molecule has 0 aliphatic heterocycles. The number of carbonyl (C=O) groups excluding carboxylic acids is 1. The predicted octanol–water partition coefficient (Wildman–Crippen LogP) is 5.47. The number of carbonyl (C=O) groups is 1. The third kappa shape index (κ3) is 3.63. The molecule has 5 nitrogen and oxygen atoms in total. The third-order valence-corrected chi connectivity index (χ3v) is 6.08. The number of para-hydroxylation sites is 1. The molecule has 142 valence electrons. The number of benzene rings is 2. The van der Waals surface area contributed by atoms with Gasteiger partial charge >= 0.3 is 0 Å². The van der Waals surface area contributed by atoms with Crippen molar-refractivity contribution in [3.63, 3.8) is 0 Å². The number of ether oxygens (including phenoxy) is 1. The van der Waals surface area contributed by atoms with Crippen molar-refractivity contribution in [2.75, 3.05) is 18.3 Å². The van der Waals surface area contributed by atoms with Crippen molar-refractivity contribution < 1.29 is 13.9 Å². The van der Waals surface area contributed by atoms with Crippen LogP contribution in [0.4, 0.5) is 5.13 Å². The molecule has 1 amide bonds. The number of anilines is 1. The lowest BCUT2D eigenvalue weighted by Gasteiger charge is -2.19. The van der Waals surface area contributed by atoms with E-state index in [1.54, 1.807) is 30.0 Å². The quantitative estimate of drug-likeness (QED) is 0.395. The average molecular weight is 411 g/mol. The van der Waals surface area contributed by atoms with Gasteiger partial charge in [0.05, 0.1) is 24.6 Å². The van der Waals surface area contributed by atoms with E-state index in [0.717, 1.165) is 15.1 Å². The van der Waals surface area contributed by atoms with Crippen LogP contribution >= 0.6 is 23.1 Å². The molecular formula is C21H18N2O3S2. The Kier molecular flexibility index (Phi) is 5.36. The monoisotopic (exact) mass is 410 g/mol. The van der Waals surface area contributed by atoms with Crippen LogP contribution in [0.3, 0.4) is 0 Å². The van der Waals surface area contributed by atoms with E-state index < -0.39 is 0 Å². The molecule has 0 atom stereocenters. The molecule has 0 radical (unpaired) electrons. The number of aromatic nitrogens is 1. The maximum atomic E-state index is 13.3. The number of rotatable bonds is 6. The normalized spacial score (nSPS) is 10.9. The summed E-state index contributed by atoms with van der Waals surface area (Å²) in [5.41, 5.74) is 1.36. The van der Waals surface area contributed by atoms with Crippen LogP contribution in [-0.4, -0.2) is 24.3 Å². The maximum absolute atomic E-state index is 13.3. The van der Waals surface area contributed by atoms with Crippen LogP contribution in [0.1, 0.15) is 16.1 Å². The first-order chi connectivity index (χ1) is 13.7. The van der Waals surface area contributed by atoms with Gasteiger partial charge in [-0.25, -0.2) is 4.98 Å². The SMILES string of the molecule is COc1cccc2sc(N(Cc3ccco3)C(=O)c3ccc(SC)cc3)nc12. The lowest BCUT2D eigenvalue weighted by molar-refractivity contribution is 0.0983. The van der Waals surface area contributed by atoms with E-state index in [2.05, 4.69) is 0 Å². The first kappa shape index (κ1) is 18.6. The summed E-state index contributed by atoms with van der Waals surface area (Å²) in [6.07, 6.45) is 3.61. The van der Waals surface area contributed by atoms with E-state index >= 15 is 0 Å². The molecule has 0 saturated heterocycles. The molecule has 0 fully saturated rings. The lowest BCUT2D eigenvalue weighted by Crippen LogP contribution is -2.30. The molecule has 28 heavy (non-hydrogen) atoms. The fraction of sp³-hybridized carbons (Fsp3) is 0.143. The molecule has 2 aromatic heterocycles. The second kappa shape index (κ2) is 8.08. The van der Waals surface area contributed by atoms with Gasteiger partial charge in [-0.2, -0.15) is 0 Å². The molecule has 4 aromatic rings. The largest absolute Gasteiger partial charge is 0.494 e. The summed E-state index contributed by atoms with van der Waals surface area (Å²) in [6.45, 7) is 0.304. The van der Waals surface area contributed by atoms with E-state index in [-0.39, 0.29) is 5.91 Å². The van der Waals surface area contributed by atoms with Crippen LogP contribution in [0.25, 0.3) is 10.2 Å². The molecule has 0 N–H and O–H groups in total. The van der Waals surface area contributed by atoms with Gasteiger partial charge in [-0.3, -0.25) is 9.69 Å². The molecule has 2 aromatic carbocycles. The van der Waals surface area contributed by atoms with E-state index in [4.69, 9.17) is 14.1 Å². The molecule has 0 spiro atoms. The summed E-state index contributed by atoms with van der Waals surface area (Å²) in [7, 11) is 1.62. The van der Waals surface area contributed by atoms with Crippen molar-refractivity contribution in [1.82, 2.24) is 4.98 Å². The maximum Gasteiger partial charge on any atom is 0.260 e. The molecule has 0 bridgehead atoms. The summed E-state index contributed by atoms with van der Waals surface area (Å²) in [6, 6.07) is 17.0. The van der Waals surface area contributed by atoms with Gasteiger partial charge in [0, 0.05) is 10.5 Å². The number of fused-ring (bicyclic) bond motifs is 1. The minimum absolute atomic E-state index is 0.123. The molecule has 0 saturated carbocycles. The van der Waals surface area contributed by atoms with Crippen LogP contribution in [0.15, 0.2) is 70.2 Å². The molecule has 7 heteroatoms. The standard InChI is InChI=1S/C21H18N2O3S2/c1-25-17-6-3-7-18-19(17)22-21(28-18)23(13-15-5-4-12-26-15)20(24)14-8-10-16(27-2)11-9-14/h3-12H,13H2,1-2H3. The Balaban J connectivity index is 1.75. The highest BCUT2D eigenvalue weighted by Crippen LogP contribution is 2.35. The average Bonchev–Trinajstić information content (AvgIpc) is 3.40. The molecule has 4 rings (SSSR count). The van der Waals surface area contributed by atoms with Gasteiger partial charge in [0.2, 0.25) is 0 Å². The second-order valence-corrected chi connectivity index (χ2v) is 7.89. The zero-order chi connectivity index (χ0) is 19.5. The first-order valence-electron chi connectivity index (χ1n) is 8.61. The highest BCUT2D eigenvalue weighted by molar-refractivity contribution is 7.98. The minimum atomic E-state index is -0.123. The Morgan fingerprint density at radius 1 is 1.18 bits per heavy atom. The topological polar surface area (TPSA) is 55.6 Å². The molecule has 0 aliphatic rings. The van der Waals surface area contributed by atoms with Crippen LogP contribution in [0.5, 0.6) is 5.75 Å². The second-order valence-electron chi connectivity index (χ2n) is 6.00. The van der Waals surface area contributed by atoms with Crippen LogP contribution in [-0.2, 0) is 6.54 Å². The molecule has 2 heterocycles. The predicted molar refractivity (Wildman–Crippen MR) is 114 cm³/mol. The fourth-order valence-corrected chi connectivity index (χ4v) is 4.25. The number of amides is 1. The smallest absolute Gasteiger partial charge is 0.260 e. The zero-order valence-corrected chi connectivity index (χ0v) is 17.0. The minimum Gasteiger partial charge on any atom is -0.494 e. The number of methoxy groups -OCH3 is 1. The van der Waals surface area contributed by atoms with Gasteiger partial charge in [-0.15, -0.1) is 11.8 Å². The van der Waals surface area contributed by atoms with Crippen molar-refractivity contribution >= 4 is 44.4 Å². The summed E-state index contributed by atoms with van der Waals surface area (Å²) in [5, 5.41) is 0.606. The van der Waals surface area contributed by atoms with Gasteiger partial charge in [-0.1, -0.05) is 17.4 Å². The van der Waals surface area contributed by atoms with Gasteiger partial charge < -0.3 is 9.15 Å². The summed E-state index contributed by atoms with van der Waals surface area (Å²) in [5.74, 6) is 1.26. The first-order valence-corrected chi connectivity index (χ1v) is 10.7. The number of nitrogens with zero attached hydrogens (tertiary/aromatic N) is 2. The molecular weight excluding hydrogens is 392 g/mol. The van der Waals surface area contributed by atoms with Gasteiger partial charge in [0.1, 0.15) is 17.0 Å². The Hall–Kier alpha value is -2.77. The van der Waals surface area contributed by atoms with Gasteiger partial charge in [0.15, 0.2) is 5.13 Å². The fourth-order valence-electron chi connectivity index (χ4n) is 2.87. The van der Waals surface area contributed by atoms with Crippen LogP contribution in [0, 0.1) is 0 Å². The summed E-state index contributed by atoms with van der Waals surface area (Å²) < 4.78 is 11.9. The Bertz CT molecular complexity index is 1090. The van der Waals surface area contributed by atoms with E-state index in [0.29, 0.717) is 28.7 Å². The van der Waals surface area contributed by atoms with Crippen molar-refractivity contribution in [2.24, 2.45) is 0 Å². The summed E-state index contributed by atoms with van der Waals surface area (Å²) >= 11 is 3.10. The number of thiazole rings is 1. The van der Waals surface area contributed by atoms with Crippen molar-refractivity contribution in [3.8, 4) is 5.75 Å². The van der Waals surface area contributed by atoms with E-state index in [1.165, 1.54) is 11.3 Å². The van der Waals surface area contributed by atoms with Crippen LogP contribution in [0.2, 0.25) is 0 Å². The lowest BCUT2D eigenvalue weighted by atomic mass is 10.2. The Morgan fingerprint density at radius 2 is 2.00 bits per heavy atom. The highest BCUT2D eigenvalue weighted by atomic mass is 32.2. The van der Waals surface area contributed by atoms with Crippen molar-refractivity contribution in [2.45, 2.75) is 11.4 Å². The highest BCUT2D eigenvalue weighted by Gasteiger charge is 2.23. The molecule has 0 unspecified atom stereocenters. The number of hydrogen-bond acceptors (Lipinski definition) is 6. The van der Waals surface area contributed by atoms with E-state index in [9.17, 15) is 4.79 Å². The van der Waals surface area contributed by atoms with Crippen LogP contribution < -0.4 is 9.64 Å². The molecule has 0 aliphatic carbocycles. The van der Waals surface area contributed by atoms with Crippen molar-refractivity contribution in [1.29, 1.82) is 0 Å².